The quantitative estimate of drug-likeness (QED) is 0.781. The third kappa shape index (κ3) is 3.96. The van der Waals surface area contributed by atoms with Gasteiger partial charge in [-0.25, -0.2) is 0 Å². The molecule has 2 rings (SSSR count). The van der Waals surface area contributed by atoms with Gasteiger partial charge in [0.2, 0.25) is 0 Å². The van der Waals surface area contributed by atoms with Crippen LogP contribution in [-0.2, 0) is 11.2 Å². The zero-order chi connectivity index (χ0) is 15.1. The summed E-state index contributed by atoms with van der Waals surface area (Å²) in [6.45, 7) is 3.00. The van der Waals surface area contributed by atoms with Crippen molar-refractivity contribution in [2.24, 2.45) is 0 Å². The molecule has 1 aliphatic carbocycles. The Morgan fingerprint density at radius 1 is 1.52 bits per heavy atom. The number of fused-ring (bicyclic) bond motifs is 1. The van der Waals surface area contributed by atoms with E-state index in [-0.39, 0.29) is 19.1 Å². The highest BCUT2D eigenvalue weighted by atomic mass is 16.5. The maximum atomic E-state index is 11.5. The standard InChI is InChI=1S/C16H21N3O2/c1-2-18-14-7-3-6-13-12(14)5-4-8-15(13)21-11-16(20)19-10-9-17/h4-5,8,14,18H,2-3,6-7,10-11H2,1H3,(H,19,20). The van der Waals surface area contributed by atoms with Gasteiger partial charge in [-0.15, -0.1) is 0 Å². The fraction of sp³-hybridized carbons (Fsp3) is 0.500. The zero-order valence-corrected chi connectivity index (χ0v) is 12.3. The van der Waals surface area contributed by atoms with Gasteiger partial charge in [0.25, 0.3) is 5.91 Å². The van der Waals surface area contributed by atoms with E-state index in [4.69, 9.17) is 10.00 Å². The summed E-state index contributed by atoms with van der Waals surface area (Å²) in [5.41, 5.74) is 2.47. The molecule has 0 aromatic heterocycles. The van der Waals surface area contributed by atoms with Crippen LogP contribution in [0.2, 0.25) is 0 Å². The van der Waals surface area contributed by atoms with Gasteiger partial charge in [0.15, 0.2) is 6.61 Å². The summed E-state index contributed by atoms with van der Waals surface area (Å²) >= 11 is 0. The predicted octanol–water partition coefficient (Wildman–Crippen LogP) is 1.69. The monoisotopic (exact) mass is 287 g/mol. The first-order chi connectivity index (χ1) is 10.3. The van der Waals surface area contributed by atoms with Gasteiger partial charge in [0.05, 0.1) is 6.07 Å². The van der Waals surface area contributed by atoms with Crippen LogP contribution in [0.15, 0.2) is 18.2 Å². The SMILES string of the molecule is CCNC1CCCc2c(OCC(=O)NCC#N)cccc21. The van der Waals surface area contributed by atoms with Crippen molar-refractivity contribution in [3.8, 4) is 11.8 Å². The van der Waals surface area contributed by atoms with Gasteiger partial charge in [-0.05, 0) is 43.0 Å². The molecule has 0 spiro atoms. The van der Waals surface area contributed by atoms with E-state index in [2.05, 4.69) is 23.6 Å². The summed E-state index contributed by atoms with van der Waals surface area (Å²) in [6.07, 6.45) is 3.23. The van der Waals surface area contributed by atoms with E-state index in [0.29, 0.717) is 6.04 Å². The Labute approximate surface area is 125 Å². The van der Waals surface area contributed by atoms with E-state index in [1.807, 2.05) is 18.2 Å². The van der Waals surface area contributed by atoms with Gasteiger partial charge in [0, 0.05) is 6.04 Å². The van der Waals surface area contributed by atoms with Gasteiger partial charge in [-0.2, -0.15) is 5.26 Å². The minimum atomic E-state index is -0.270. The Balaban J connectivity index is 2.06. The summed E-state index contributed by atoms with van der Waals surface area (Å²) in [6, 6.07) is 8.25. The van der Waals surface area contributed by atoms with Crippen LogP contribution in [0.3, 0.4) is 0 Å². The summed E-state index contributed by atoms with van der Waals surface area (Å²) < 4.78 is 5.64. The molecule has 0 fully saturated rings. The maximum absolute atomic E-state index is 11.5. The molecular formula is C16H21N3O2. The van der Waals surface area contributed by atoms with Crippen LogP contribution >= 0.6 is 0 Å². The van der Waals surface area contributed by atoms with Crippen LogP contribution in [0, 0.1) is 11.3 Å². The molecule has 1 aliphatic rings. The second-order valence-corrected chi connectivity index (χ2v) is 5.05. The van der Waals surface area contributed by atoms with Gasteiger partial charge < -0.3 is 15.4 Å². The molecule has 0 bridgehead atoms. The minimum absolute atomic E-state index is 0.0115. The molecule has 5 heteroatoms. The normalized spacial score (nSPS) is 16.7. The molecule has 112 valence electrons. The topological polar surface area (TPSA) is 74.2 Å². The largest absolute Gasteiger partial charge is 0.483 e. The highest BCUT2D eigenvalue weighted by Crippen LogP contribution is 2.35. The molecule has 0 radical (unpaired) electrons. The van der Waals surface area contributed by atoms with Gasteiger partial charge in [0.1, 0.15) is 12.3 Å². The third-order valence-electron chi connectivity index (χ3n) is 3.64. The number of amides is 1. The smallest absolute Gasteiger partial charge is 0.258 e. The van der Waals surface area contributed by atoms with Crippen molar-refractivity contribution in [1.82, 2.24) is 10.6 Å². The molecule has 0 saturated heterocycles. The average Bonchev–Trinajstić information content (AvgIpc) is 2.51. The maximum Gasteiger partial charge on any atom is 0.258 e. The fourth-order valence-corrected chi connectivity index (χ4v) is 2.74. The van der Waals surface area contributed by atoms with Crippen LogP contribution in [-0.4, -0.2) is 25.6 Å². The van der Waals surface area contributed by atoms with E-state index in [1.165, 1.54) is 11.1 Å². The highest BCUT2D eigenvalue weighted by molar-refractivity contribution is 5.77. The molecule has 1 aromatic rings. The van der Waals surface area contributed by atoms with Crippen molar-refractivity contribution >= 4 is 5.91 Å². The van der Waals surface area contributed by atoms with E-state index in [9.17, 15) is 4.79 Å². The third-order valence-corrected chi connectivity index (χ3v) is 3.64. The molecule has 0 heterocycles. The Kier molecular flexibility index (Phi) is 5.59. The van der Waals surface area contributed by atoms with Crippen molar-refractivity contribution in [2.75, 3.05) is 19.7 Å². The van der Waals surface area contributed by atoms with Crippen molar-refractivity contribution in [3.63, 3.8) is 0 Å². The molecule has 1 atom stereocenters. The lowest BCUT2D eigenvalue weighted by molar-refractivity contribution is -0.122. The number of nitriles is 1. The van der Waals surface area contributed by atoms with Crippen molar-refractivity contribution < 1.29 is 9.53 Å². The zero-order valence-electron chi connectivity index (χ0n) is 12.3. The van der Waals surface area contributed by atoms with Crippen LogP contribution in [0.1, 0.15) is 36.9 Å². The molecule has 1 aromatic carbocycles. The number of carbonyl (C=O) groups excluding carboxylic acids is 1. The van der Waals surface area contributed by atoms with E-state index in [0.717, 1.165) is 31.6 Å². The van der Waals surface area contributed by atoms with E-state index in [1.54, 1.807) is 0 Å². The molecule has 2 N–H and O–H groups in total. The molecule has 21 heavy (non-hydrogen) atoms. The Morgan fingerprint density at radius 3 is 3.14 bits per heavy atom. The molecule has 5 nitrogen and oxygen atoms in total. The van der Waals surface area contributed by atoms with Crippen molar-refractivity contribution in [1.29, 1.82) is 5.26 Å². The summed E-state index contributed by atoms with van der Waals surface area (Å²) in [5, 5.41) is 14.4. The van der Waals surface area contributed by atoms with E-state index < -0.39 is 0 Å². The first-order valence-electron chi connectivity index (χ1n) is 7.38. The molecule has 1 amide bonds. The lowest BCUT2D eigenvalue weighted by atomic mass is 9.87. The molecular weight excluding hydrogens is 266 g/mol. The second kappa shape index (κ2) is 7.65. The Bertz CT molecular complexity index is 537. The second-order valence-electron chi connectivity index (χ2n) is 5.05. The average molecular weight is 287 g/mol. The predicted molar refractivity (Wildman–Crippen MR) is 79.9 cm³/mol. The number of hydrogen-bond donors (Lipinski definition) is 2. The summed E-state index contributed by atoms with van der Waals surface area (Å²) in [7, 11) is 0. The Morgan fingerprint density at radius 2 is 2.38 bits per heavy atom. The Hall–Kier alpha value is -2.06. The number of hydrogen-bond acceptors (Lipinski definition) is 4. The van der Waals surface area contributed by atoms with Crippen LogP contribution in [0.4, 0.5) is 0 Å². The minimum Gasteiger partial charge on any atom is -0.483 e. The number of benzene rings is 1. The highest BCUT2D eigenvalue weighted by Gasteiger charge is 2.22. The summed E-state index contributed by atoms with van der Waals surface area (Å²) in [5.74, 6) is 0.510. The van der Waals surface area contributed by atoms with Crippen molar-refractivity contribution in [3.05, 3.63) is 29.3 Å². The molecule has 0 saturated carbocycles. The fourth-order valence-electron chi connectivity index (χ4n) is 2.74. The number of nitrogens with one attached hydrogen (secondary N) is 2. The van der Waals surface area contributed by atoms with Crippen molar-refractivity contribution in [2.45, 2.75) is 32.2 Å². The first-order valence-corrected chi connectivity index (χ1v) is 7.38. The molecule has 1 unspecified atom stereocenters. The number of nitrogens with zero attached hydrogens (tertiary/aromatic N) is 1. The van der Waals surface area contributed by atoms with Crippen LogP contribution < -0.4 is 15.4 Å². The number of carbonyl (C=O) groups is 1. The van der Waals surface area contributed by atoms with Gasteiger partial charge in [-0.3, -0.25) is 4.79 Å². The van der Waals surface area contributed by atoms with E-state index >= 15 is 0 Å². The number of ether oxygens (including phenoxy) is 1. The summed E-state index contributed by atoms with van der Waals surface area (Å²) in [4.78, 5) is 11.5. The van der Waals surface area contributed by atoms with Gasteiger partial charge >= 0.3 is 0 Å². The number of rotatable bonds is 6. The lowest BCUT2D eigenvalue weighted by Gasteiger charge is -2.27. The molecule has 0 aliphatic heterocycles. The lowest BCUT2D eigenvalue weighted by Crippen LogP contribution is -2.29. The van der Waals surface area contributed by atoms with Crippen LogP contribution in [0.25, 0.3) is 0 Å². The van der Waals surface area contributed by atoms with Crippen LogP contribution in [0.5, 0.6) is 5.75 Å². The van der Waals surface area contributed by atoms with Gasteiger partial charge in [-0.1, -0.05) is 19.1 Å². The first kappa shape index (κ1) is 15.3.